The lowest BCUT2D eigenvalue weighted by molar-refractivity contribution is -0.142. The molecule has 0 radical (unpaired) electrons. The molecule has 1 aromatic carbocycles. The molecule has 0 saturated carbocycles. The van der Waals surface area contributed by atoms with Crippen LogP contribution in [0, 0.1) is 0 Å². The summed E-state index contributed by atoms with van der Waals surface area (Å²) in [5.74, 6) is -1.24. The molecule has 2 unspecified atom stereocenters. The average Bonchev–Trinajstić information content (AvgIpc) is 2.46. The van der Waals surface area contributed by atoms with Crippen molar-refractivity contribution in [2.75, 3.05) is 7.05 Å². The largest absolute Gasteiger partial charge is 0.480 e. The minimum atomic E-state index is -0.983. The van der Waals surface area contributed by atoms with Gasteiger partial charge in [-0.05, 0) is 26.0 Å². The van der Waals surface area contributed by atoms with Gasteiger partial charge < -0.3 is 10.4 Å². The molecular weight excluding hydrogens is 268 g/mol. The van der Waals surface area contributed by atoms with E-state index in [2.05, 4.69) is 5.32 Å². The van der Waals surface area contributed by atoms with Crippen LogP contribution < -0.4 is 5.32 Å². The Morgan fingerprint density at radius 3 is 2.43 bits per heavy atom. The van der Waals surface area contributed by atoms with Gasteiger partial charge in [0.1, 0.15) is 6.04 Å². The number of carbonyl (C=O) groups is 2. The fourth-order valence-corrected chi connectivity index (χ4v) is 2.05. The molecule has 0 saturated heterocycles. The average molecular weight is 292 g/mol. The Morgan fingerprint density at radius 2 is 1.90 bits per heavy atom. The lowest BCUT2D eigenvalue weighted by atomic mass is 10.1. The number of likely N-dealkylation sites (N-methyl/N-ethyl adjacent to an activating group) is 1. The smallest absolute Gasteiger partial charge is 0.326 e. The van der Waals surface area contributed by atoms with E-state index in [9.17, 15) is 9.59 Å². The van der Waals surface area contributed by atoms with Crippen molar-refractivity contribution >= 4 is 11.9 Å². The summed E-state index contributed by atoms with van der Waals surface area (Å²) in [7, 11) is 1.85. The van der Waals surface area contributed by atoms with Gasteiger partial charge in [0.15, 0.2) is 0 Å². The van der Waals surface area contributed by atoms with E-state index in [0.717, 1.165) is 5.56 Å². The maximum absolute atomic E-state index is 12.1. The van der Waals surface area contributed by atoms with Gasteiger partial charge >= 0.3 is 5.97 Å². The van der Waals surface area contributed by atoms with Crippen LogP contribution in [0.2, 0.25) is 0 Å². The Hall–Kier alpha value is -1.88. The summed E-state index contributed by atoms with van der Waals surface area (Å²) in [6.45, 7) is 4.32. The summed E-state index contributed by atoms with van der Waals surface area (Å²) in [6, 6.07) is 8.66. The van der Waals surface area contributed by atoms with Crippen molar-refractivity contribution in [1.82, 2.24) is 10.2 Å². The zero-order chi connectivity index (χ0) is 15.8. The van der Waals surface area contributed by atoms with Crippen LogP contribution >= 0.6 is 0 Å². The number of hydrogen-bond donors (Lipinski definition) is 2. The van der Waals surface area contributed by atoms with E-state index >= 15 is 0 Å². The topological polar surface area (TPSA) is 69.6 Å². The third-order valence-electron chi connectivity index (χ3n) is 3.51. The molecule has 5 heteroatoms. The molecule has 2 atom stereocenters. The zero-order valence-corrected chi connectivity index (χ0v) is 12.9. The van der Waals surface area contributed by atoms with Gasteiger partial charge in [0.25, 0.3) is 0 Å². The van der Waals surface area contributed by atoms with Gasteiger partial charge in [0.05, 0.1) is 6.04 Å². The predicted molar refractivity (Wildman–Crippen MR) is 81.8 cm³/mol. The number of hydrogen-bond acceptors (Lipinski definition) is 3. The van der Waals surface area contributed by atoms with E-state index in [1.165, 1.54) is 0 Å². The molecule has 116 valence electrons. The molecule has 21 heavy (non-hydrogen) atoms. The van der Waals surface area contributed by atoms with Crippen LogP contribution in [0.4, 0.5) is 0 Å². The molecule has 0 heterocycles. The van der Waals surface area contributed by atoms with Crippen molar-refractivity contribution in [1.29, 1.82) is 0 Å². The van der Waals surface area contributed by atoms with E-state index < -0.39 is 12.0 Å². The fraction of sp³-hybridized carbons (Fsp3) is 0.500. The van der Waals surface area contributed by atoms with Crippen LogP contribution in [0.5, 0.6) is 0 Å². The third-order valence-corrected chi connectivity index (χ3v) is 3.51. The molecule has 2 N–H and O–H groups in total. The number of rotatable bonds is 8. The van der Waals surface area contributed by atoms with E-state index in [0.29, 0.717) is 19.4 Å². The number of nitrogens with one attached hydrogen (secondary N) is 1. The highest BCUT2D eigenvalue weighted by atomic mass is 16.4. The van der Waals surface area contributed by atoms with Crippen LogP contribution in [-0.4, -0.2) is 41.0 Å². The summed E-state index contributed by atoms with van der Waals surface area (Å²) in [5.41, 5.74) is 1.11. The third kappa shape index (κ3) is 5.55. The normalized spacial score (nSPS) is 13.7. The standard InChI is InChI=1S/C16H24N2O3/c1-4-8-14(16(20)21)17-15(19)12(2)18(3)11-13-9-6-5-7-10-13/h5-7,9-10,12,14H,4,8,11H2,1-3H3,(H,17,19)(H,20,21). The van der Waals surface area contributed by atoms with E-state index in [-0.39, 0.29) is 11.9 Å². The number of carboxylic acid groups (broad SMARTS) is 1. The predicted octanol–water partition coefficient (Wildman–Crippen LogP) is 1.88. The highest BCUT2D eigenvalue weighted by Gasteiger charge is 2.24. The van der Waals surface area contributed by atoms with Gasteiger partial charge in [-0.2, -0.15) is 0 Å². The van der Waals surface area contributed by atoms with Crippen LogP contribution in [-0.2, 0) is 16.1 Å². The monoisotopic (exact) mass is 292 g/mol. The Bertz CT molecular complexity index is 462. The molecule has 0 spiro atoms. The quantitative estimate of drug-likeness (QED) is 0.767. The number of nitrogens with zero attached hydrogens (tertiary/aromatic N) is 1. The summed E-state index contributed by atoms with van der Waals surface area (Å²) >= 11 is 0. The van der Waals surface area contributed by atoms with E-state index in [1.807, 2.05) is 49.2 Å². The second kappa shape index (κ2) is 8.42. The van der Waals surface area contributed by atoms with Crippen molar-refractivity contribution in [3.05, 3.63) is 35.9 Å². The fourth-order valence-electron chi connectivity index (χ4n) is 2.05. The molecule has 0 aliphatic carbocycles. The van der Waals surface area contributed by atoms with Crippen molar-refractivity contribution in [2.45, 2.75) is 45.3 Å². The van der Waals surface area contributed by atoms with Crippen molar-refractivity contribution in [3.63, 3.8) is 0 Å². The van der Waals surface area contributed by atoms with Gasteiger partial charge in [-0.25, -0.2) is 4.79 Å². The first-order chi connectivity index (χ1) is 9.95. The Balaban J connectivity index is 2.58. The number of benzene rings is 1. The van der Waals surface area contributed by atoms with Gasteiger partial charge in [0, 0.05) is 6.54 Å². The van der Waals surface area contributed by atoms with Crippen LogP contribution in [0.25, 0.3) is 0 Å². The molecule has 1 aromatic rings. The summed E-state index contributed by atoms with van der Waals surface area (Å²) < 4.78 is 0. The first kappa shape index (κ1) is 17.2. The number of aliphatic carboxylic acids is 1. The molecular formula is C16H24N2O3. The molecule has 1 amide bonds. The van der Waals surface area contributed by atoms with Gasteiger partial charge in [-0.1, -0.05) is 43.7 Å². The SMILES string of the molecule is CCCC(NC(=O)C(C)N(C)Cc1ccccc1)C(=O)O. The summed E-state index contributed by atoms with van der Waals surface area (Å²) in [4.78, 5) is 25.1. The lowest BCUT2D eigenvalue weighted by Crippen LogP contribution is -2.49. The minimum Gasteiger partial charge on any atom is -0.480 e. The first-order valence-electron chi connectivity index (χ1n) is 7.23. The van der Waals surface area contributed by atoms with Crippen LogP contribution in [0.15, 0.2) is 30.3 Å². The Kier molecular flexibility index (Phi) is 6.88. The molecule has 0 bridgehead atoms. The van der Waals surface area contributed by atoms with Crippen LogP contribution in [0.1, 0.15) is 32.3 Å². The molecule has 0 aliphatic heterocycles. The lowest BCUT2D eigenvalue weighted by Gasteiger charge is -2.25. The van der Waals surface area contributed by atoms with Crippen molar-refractivity contribution in [3.8, 4) is 0 Å². The number of carbonyl (C=O) groups excluding carboxylic acids is 1. The van der Waals surface area contributed by atoms with E-state index in [1.54, 1.807) is 6.92 Å². The van der Waals surface area contributed by atoms with Crippen molar-refractivity contribution < 1.29 is 14.7 Å². The first-order valence-corrected chi connectivity index (χ1v) is 7.23. The maximum Gasteiger partial charge on any atom is 0.326 e. The molecule has 0 aromatic heterocycles. The molecule has 0 fully saturated rings. The van der Waals surface area contributed by atoms with Gasteiger partial charge in [-0.3, -0.25) is 9.69 Å². The minimum absolute atomic E-state index is 0.255. The Morgan fingerprint density at radius 1 is 1.29 bits per heavy atom. The number of carboxylic acids is 1. The molecule has 1 rings (SSSR count). The summed E-state index contributed by atoms with van der Waals surface area (Å²) in [5, 5.41) is 11.7. The number of amides is 1. The van der Waals surface area contributed by atoms with Crippen molar-refractivity contribution in [2.24, 2.45) is 0 Å². The second-order valence-electron chi connectivity index (χ2n) is 5.26. The van der Waals surface area contributed by atoms with E-state index in [4.69, 9.17) is 5.11 Å². The highest BCUT2D eigenvalue weighted by molar-refractivity contribution is 5.86. The van der Waals surface area contributed by atoms with Crippen LogP contribution in [0.3, 0.4) is 0 Å². The summed E-state index contributed by atoms with van der Waals surface area (Å²) in [6.07, 6.45) is 1.15. The molecule has 5 nitrogen and oxygen atoms in total. The second-order valence-corrected chi connectivity index (χ2v) is 5.26. The van der Waals surface area contributed by atoms with Gasteiger partial charge in [-0.15, -0.1) is 0 Å². The highest BCUT2D eigenvalue weighted by Crippen LogP contribution is 2.07. The van der Waals surface area contributed by atoms with Gasteiger partial charge in [0.2, 0.25) is 5.91 Å². The maximum atomic E-state index is 12.1. The molecule has 0 aliphatic rings. The Labute approximate surface area is 126 Å². The zero-order valence-electron chi connectivity index (χ0n) is 12.9.